The number of ether oxygens (including phenoxy) is 1. The van der Waals surface area contributed by atoms with E-state index in [-0.39, 0.29) is 17.5 Å². The number of nitrogens with two attached hydrogens (primary N) is 1. The number of nitrogens with one attached hydrogen (secondary N) is 1. The molecule has 13 heavy (non-hydrogen) atoms. The molecule has 1 aromatic rings. The summed E-state index contributed by atoms with van der Waals surface area (Å²) in [4.78, 5) is 17.5. The lowest BCUT2D eigenvalue weighted by Crippen LogP contribution is -2.15. The molecule has 0 fully saturated rings. The third-order valence-corrected chi connectivity index (χ3v) is 1.58. The Labute approximate surface area is 75.9 Å². The normalized spacial score (nSPS) is 12.8. The standard InChI is InChI=1S/C8H13N3O2/c1-3-13-5(2)8-10-6(9)4-7(12)11-8/h4-5H,3H2,1-2H3,(H3,9,10,11,12). The predicted molar refractivity (Wildman–Crippen MR) is 49.3 cm³/mol. The molecule has 0 saturated carbocycles. The second-order valence-corrected chi connectivity index (χ2v) is 2.65. The monoisotopic (exact) mass is 183 g/mol. The van der Waals surface area contributed by atoms with E-state index in [0.717, 1.165) is 0 Å². The van der Waals surface area contributed by atoms with Crippen LogP contribution in [0.2, 0.25) is 0 Å². The Bertz CT molecular complexity index is 334. The highest BCUT2D eigenvalue weighted by Crippen LogP contribution is 2.10. The van der Waals surface area contributed by atoms with Crippen LogP contribution in [0.4, 0.5) is 5.82 Å². The van der Waals surface area contributed by atoms with Crippen molar-refractivity contribution in [2.75, 3.05) is 12.3 Å². The van der Waals surface area contributed by atoms with E-state index in [9.17, 15) is 4.79 Å². The first-order chi connectivity index (χ1) is 6.13. The summed E-state index contributed by atoms with van der Waals surface area (Å²) in [6.07, 6.45) is -0.235. The van der Waals surface area contributed by atoms with Gasteiger partial charge in [-0.3, -0.25) is 4.79 Å². The van der Waals surface area contributed by atoms with Crippen molar-refractivity contribution in [1.29, 1.82) is 0 Å². The van der Waals surface area contributed by atoms with Crippen LogP contribution in [-0.4, -0.2) is 16.6 Å². The molecule has 5 heteroatoms. The third kappa shape index (κ3) is 2.55. The van der Waals surface area contributed by atoms with E-state index < -0.39 is 0 Å². The number of H-pyrrole nitrogens is 1. The fourth-order valence-electron chi connectivity index (χ4n) is 1.02. The van der Waals surface area contributed by atoms with E-state index >= 15 is 0 Å². The average Bonchev–Trinajstić information content (AvgIpc) is 2.03. The summed E-state index contributed by atoms with van der Waals surface area (Å²) in [5.74, 6) is 0.678. The lowest BCUT2D eigenvalue weighted by molar-refractivity contribution is 0.0700. The van der Waals surface area contributed by atoms with Crippen LogP contribution in [0.1, 0.15) is 25.8 Å². The lowest BCUT2D eigenvalue weighted by Gasteiger charge is -2.10. The first kappa shape index (κ1) is 9.73. The second-order valence-electron chi connectivity index (χ2n) is 2.65. The molecule has 5 nitrogen and oxygen atoms in total. The Balaban J connectivity index is 2.94. The zero-order valence-corrected chi connectivity index (χ0v) is 7.70. The fourth-order valence-corrected chi connectivity index (χ4v) is 1.02. The molecule has 0 aliphatic heterocycles. The highest BCUT2D eigenvalue weighted by atomic mass is 16.5. The number of nitrogens with zero attached hydrogens (tertiary/aromatic N) is 1. The Morgan fingerprint density at radius 3 is 3.00 bits per heavy atom. The summed E-state index contributed by atoms with van der Waals surface area (Å²) < 4.78 is 5.25. The highest BCUT2D eigenvalue weighted by molar-refractivity contribution is 5.25. The van der Waals surface area contributed by atoms with E-state index in [1.807, 2.05) is 6.92 Å². The summed E-state index contributed by atoms with van der Waals surface area (Å²) in [5, 5.41) is 0. The molecule has 3 N–H and O–H groups in total. The van der Waals surface area contributed by atoms with Crippen molar-refractivity contribution in [2.45, 2.75) is 20.0 Å². The van der Waals surface area contributed by atoms with Crippen LogP contribution < -0.4 is 11.3 Å². The van der Waals surface area contributed by atoms with Crippen LogP contribution >= 0.6 is 0 Å². The van der Waals surface area contributed by atoms with Crippen molar-refractivity contribution in [3.05, 3.63) is 22.2 Å². The van der Waals surface area contributed by atoms with E-state index in [0.29, 0.717) is 12.4 Å². The van der Waals surface area contributed by atoms with Gasteiger partial charge >= 0.3 is 0 Å². The van der Waals surface area contributed by atoms with Gasteiger partial charge in [-0.15, -0.1) is 0 Å². The number of aromatic nitrogens is 2. The van der Waals surface area contributed by atoms with Gasteiger partial charge < -0.3 is 15.5 Å². The average molecular weight is 183 g/mol. The largest absolute Gasteiger partial charge is 0.383 e. The summed E-state index contributed by atoms with van der Waals surface area (Å²) in [6.45, 7) is 4.25. The van der Waals surface area contributed by atoms with Crippen LogP contribution in [-0.2, 0) is 4.74 Å². The van der Waals surface area contributed by atoms with Gasteiger partial charge in [-0.05, 0) is 13.8 Å². The van der Waals surface area contributed by atoms with Crippen molar-refractivity contribution < 1.29 is 4.74 Å². The molecule has 0 amide bonds. The lowest BCUT2D eigenvalue weighted by atomic mass is 10.3. The van der Waals surface area contributed by atoms with E-state index in [1.54, 1.807) is 6.92 Å². The van der Waals surface area contributed by atoms with Gasteiger partial charge in [-0.2, -0.15) is 0 Å². The first-order valence-corrected chi connectivity index (χ1v) is 4.11. The van der Waals surface area contributed by atoms with E-state index in [1.165, 1.54) is 6.07 Å². The minimum absolute atomic E-state index is 0.213. The highest BCUT2D eigenvalue weighted by Gasteiger charge is 2.07. The molecular weight excluding hydrogens is 170 g/mol. The number of rotatable bonds is 3. The third-order valence-electron chi connectivity index (χ3n) is 1.58. The molecular formula is C8H13N3O2. The minimum atomic E-state index is -0.256. The van der Waals surface area contributed by atoms with Crippen LogP contribution in [0.25, 0.3) is 0 Å². The van der Waals surface area contributed by atoms with Crippen LogP contribution in [0.5, 0.6) is 0 Å². The van der Waals surface area contributed by atoms with E-state index in [4.69, 9.17) is 10.5 Å². The van der Waals surface area contributed by atoms with Gasteiger partial charge in [0.05, 0.1) is 0 Å². The Kier molecular flexibility index (Phi) is 3.02. The number of nitrogen functional groups attached to an aromatic ring is 1. The summed E-state index contributed by atoms with van der Waals surface area (Å²) in [5.41, 5.74) is 5.15. The Hall–Kier alpha value is -1.36. The molecule has 0 bridgehead atoms. The number of hydrogen-bond donors (Lipinski definition) is 2. The molecule has 1 atom stereocenters. The van der Waals surface area contributed by atoms with Gasteiger partial charge in [0.25, 0.3) is 5.56 Å². The topological polar surface area (TPSA) is 81.0 Å². The molecule has 0 aliphatic carbocycles. The van der Waals surface area contributed by atoms with Gasteiger partial charge in [0.2, 0.25) is 0 Å². The van der Waals surface area contributed by atoms with E-state index in [2.05, 4.69) is 9.97 Å². The SMILES string of the molecule is CCOC(C)c1nc(N)cc(=O)[nH]1. The van der Waals surface area contributed by atoms with Crippen molar-refractivity contribution in [2.24, 2.45) is 0 Å². The maximum absolute atomic E-state index is 11.0. The zero-order valence-electron chi connectivity index (χ0n) is 7.70. The van der Waals surface area contributed by atoms with Gasteiger partial charge in [0.1, 0.15) is 17.7 Å². The molecule has 1 unspecified atom stereocenters. The summed E-state index contributed by atoms with van der Waals surface area (Å²) in [7, 11) is 0. The van der Waals surface area contributed by atoms with Gasteiger partial charge in [-0.1, -0.05) is 0 Å². The predicted octanol–water partition coefficient (Wildman–Crippen LogP) is 0.450. The second kappa shape index (κ2) is 4.04. The number of anilines is 1. The quantitative estimate of drug-likeness (QED) is 0.712. The number of hydrogen-bond acceptors (Lipinski definition) is 4. The van der Waals surface area contributed by atoms with Crippen molar-refractivity contribution in [3.8, 4) is 0 Å². The molecule has 0 aliphatic rings. The van der Waals surface area contributed by atoms with Crippen molar-refractivity contribution >= 4 is 5.82 Å². The summed E-state index contributed by atoms with van der Waals surface area (Å²) >= 11 is 0. The fraction of sp³-hybridized carbons (Fsp3) is 0.500. The number of aromatic amines is 1. The molecule has 1 heterocycles. The van der Waals surface area contributed by atoms with Crippen LogP contribution in [0.3, 0.4) is 0 Å². The molecule has 72 valence electrons. The van der Waals surface area contributed by atoms with Crippen LogP contribution in [0, 0.1) is 0 Å². The maximum Gasteiger partial charge on any atom is 0.253 e. The molecule has 1 rings (SSSR count). The van der Waals surface area contributed by atoms with Gasteiger partial charge in [0, 0.05) is 12.7 Å². The van der Waals surface area contributed by atoms with Gasteiger partial charge in [0.15, 0.2) is 0 Å². The van der Waals surface area contributed by atoms with Gasteiger partial charge in [-0.25, -0.2) is 4.98 Å². The Morgan fingerprint density at radius 2 is 2.46 bits per heavy atom. The molecule has 0 saturated heterocycles. The molecule has 0 spiro atoms. The summed E-state index contributed by atoms with van der Waals surface area (Å²) in [6, 6.07) is 1.24. The molecule has 0 radical (unpaired) electrons. The van der Waals surface area contributed by atoms with Crippen LogP contribution in [0.15, 0.2) is 10.9 Å². The van der Waals surface area contributed by atoms with Crippen molar-refractivity contribution in [1.82, 2.24) is 9.97 Å². The zero-order chi connectivity index (χ0) is 9.84. The molecule has 1 aromatic heterocycles. The van der Waals surface area contributed by atoms with Crippen molar-refractivity contribution in [3.63, 3.8) is 0 Å². The smallest absolute Gasteiger partial charge is 0.253 e. The Morgan fingerprint density at radius 1 is 1.77 bits per heavy atom. The first-order valence-electron chi connectivity index (χ1n) is 4.11. The minimum Gasteiger partial charge on any atom is -0.383 e. The molecule has 0 aromatic carbocycles. The maximum atomic E-state index is 11.0.